The fourth-order valence-corrected chi connectivity index (χ4v) is 4.00. The molecule has 0 aliphatic carbocycles. The predicted octanol–water partition coefficient (Wildman–Crippen LogP) is -6.54. The summed E-state index contributed by atoms with van der Waals surface area (Å²) in [6.07, 6.45) is -21.8. The minimum atomic E-state index is -1.82. The molecule has 33 heavy (non-hydrogen) atoms. The highest BCUT2D eigenvalue weighted by atomic mass is 16.7. The fraction of sp³-hybridized carbons (Fsp3) is 1.00. The monoisotopic (exact) mass is 488 g/mol. The van der Waals surface area contributed by atoms with Gasteiger partial charge in [-0.05, 0) is 0 Å². The van der Waals surface area contributed by atoms with Crippen LogP contribution in [0.5, 0.6) is 0 Å². The number of aliphatic hydroxyl groups excluding tert-OH is 10. The zero-order valence-corrected chi connectivity index (χ0v) is 17.4. The van der Waals surface area contributed by atoms with Crippen LogP contribution in [-0.4, -0.2) is 157 Å². The van der Waals surface area contributed by atoms with Gasteiger partial charge in [-0.2, -0.15) is 0 Å². The second-order valence-electron chi connectivity index (χ2n) is 8.24. The van der Waals surface area contributed by atoms with E-state index < -0.39 is 106 Å². The molecule has 3 fully saturated rings. The van der Waals surface area contributed by atoms with Gasteiger partial charge in [0.1, 0.15) is 54.9 Å². The second kappa shape index (κ2) is 11.4. The lowest BCUT2D eigenvalue weighted by atomic mass is 9.96. The van der Waals surface area contributed by atoms with Crippen molar-refractivity contribution in [2.45, 2.75) is 92.4 Å². The van der Waals surface area contributed by atoms with Gasteiger partial charge in [0.05, 0.1) is 32.0 Å². The zero-order valence-electron chi connectivity index (χ0n) is 17.4. The first-order valence-electron chi connectivity index (χ1n) is 10.5. The Kier molecular flexibility index (Phi) is 9.35. The van der Waals surface area contributed by atoms with Crippen LogP contribution >= 0.6 is 0 Å². The van der Waals surface area contributed by atoms with Crippen molar-refractivity contribution in [3.05, 3.63) is 0 Å². The van der Waals surface area contributed by atoms with Crippen molar-refractivity contribution < 1.29 is 74.7 Å². The van der Waals surface area contributed by atoms with Crippen molar-refractivity contribution in [2.75, 3.05) is 19.8 Å². The SMILES string of the molecule is OC[C@@H]1C[C@H](O[C@@H]2O[C@H](CO)[C@@H](O)[C@H](O[C@@H]3O[C@H](CO)[C@@H](O)[C@H](O)[C@H]3O)[C@H]2O)[C@H](O)[C@@H](O)O1. The molecule has 0 aromatic rings. The Morgan fingerprint density at radius 3 is 1.73 bits per heavy atom. The Bertz CT molecular complexity index is 609. The van der Waals surface area contributed by atoms with Gasteiger partial charge in [0.2, 0.25) is 0 Å². The fourth-order valence-electron chi connectivity index (χ4n) is 4.00. The summed E-state index contributed by atoms with van der Waals surface area (Å²) in [5.74, 6) is 0. The average Bonchev–Trinajstić information content (AvgIpc) is 2.80. The van der Waals surface area contributed by atoms with Crippen LogP contribution in [0.1, 0.15) is 6.42 Å². The summed E-state index contributed by atoms with van der Waals surface area (Å²) in [7, 11) is 0. The second-order valence-corrected chi connectivity index (χ2v) is 8.24. The maximum Gasteiger partial charge on any atom is 0.187 e. The third-order valence-electron chi connectivity index (χ3n) is 5.97. The normalized spacial score (nSPS) is 51.5. The molecule has 0 aromatic carbocycles. The molecule has 3 aliphatic heterocycles. The number of hydrogen-bond acceptors (Lipinski definition) is 15. The van der Waals surface area contributed by atoms with Gasteiger partial charge in [0.25, 0.3) is 0 Å². The molecule has 3 rings (SSSR count). The quantitative estimate of drug-likeness (QED) is 0.160. The van der Waals surface area contributed by atoms with Gasteiger partial charge in [-0.1, -0.05) is 0 Å². The topological polar surface area (TPSA) is 248 Å². The van der Waals surface area contributed by atoms with Crippen LogP contribution in [-0.2, 0) is 23.7 Å². The Balaban J connectivity index is 1.75. The minimum Gasteiger partial charge on any atom is -0.394 e. The van der Waals surface area contributed by atoms with E-state index in [4.69, 9.17) is 23.7 Å². The third kappa shape index (κ3) is 5.64. The van der Waals surface area contributed by atoms with Gasteiger partial charge < -0.3 is 74.7 Å². The highest BCUT2D eigenvalue weighted by Crippen LogP contribution is 2.32. The van der Waals surface area contributed by atoms with E-state index in [-0.39, 0.29) is 6.42 Å². The molecule has 15 heteroatoms. The van der Waals surface area contributed by atoms with E-state index in [1.54, 1.807) is 0 Å². The lowest BCUT2D eigenvalue weighted by molar-refractivity contribution is -0.372. The molecule has 0 aromatic heterocycles. The molecule has 0 unspecified atom stereocenters. The maximum atomic E-state index is 10.7. The van der Waals surface area contributed by atoms with E-state index in [1.807, 2.05) is 0 Å². The summed E-state index contributed by atoms with van der Waals surface area (Å²) < 4.78 is 26.6. The molecular formula is C18H32O15. The summed E-state index contributed by atoms with van der Waals surface area (Å²) in [5.41, 5.74) is 0. The van der Waals surface area contributed by atoms with Crippen molar-refractivity contribution in [2.24, 2.45) is 0 Å². The molecule has 0 spiro atoms. The summed E-state index contributed by atoms with van der Waals surface area (Å²) in [6, 6.07) is 0. The largest absolute Gasteiger partial charge is 0.394 e. The summed E-state index contributed by atoms with van der Waals surface area (Å²) in [5, 5.41) is 99.3. The van der Waals surface area contributed by atoms with Crippen LogP contribution in [0.15, 0.2) is 0 Å². The van der Waals surface area contributed by atoms with Gasteiger partial charge in [0, 0.05) is 6.42 Å². The Hall–Kier alpha value is -0.600. The van der Waals surface area contributed by atoms with Crippen molar-refractivity contribution in [1.29, 1.82) is 0 Å². The molecule has 194 valence electrons. The number of rotatable bonds is 7. The molecule has 3 heterocycles. The molecule has 0 bridgehead atoms. The molecule has 3 saturated heterocycles. The number of hydrogen-bond donors (Lipinski definition) is 10. The van der Waals surface area contributed by atoms with E-state index in [9.17, 15) is 51.1 Å². The van der Waals surface area contributed by atoms with Crippen molar-refractivity contribution >= 4 is 0 Å². The van der Waals surface area contributed by atoms with E-state index in [1.165, 1.54) is 0 Å². The van der Waals surface area contributed by atoms with E-state index in [2.05, 4.69) is 0 Å². The number of aliphatic hydroxyl groups is 10. The first-order chi connectivity index (χ1) is 15.6. The number of ether oxygens (including phenoxy) is 5. The summed E-state index contributed by atoms with van der Waals surface area (Å²) in [6.45, 7) is -1.97. The van der Waals surface area contributed by atoms with Crippen molar-refractivity contribution in [3.63, 3.8) is 0 Å². The Morgan fingerprint density at radius 2 is 1.15 bits per heavy atom. The van der Waals surface area contributed by atoms with Gasteiger partial charge in [-0.3, -0.25) is 0 Å². The van der Waals surface area contributed by atoms with Crippen LogP contribution < -0.4 is 0 Å². The molecule has 14 atom stereocenters. The lowest BCUT2D eigenvalue weighted by Gasteiger charge is -2.47. The van der Waals surface area contributed by atoms with Crippen LogP contribution in [0.25, 0.3) is 0 Å². The van der Waals surface area contributed by atoms with E-state index >= 15 is 0 Å². The first kappa shape index (κ1) is 27.0. The average molecular weight is 488 g/mol. The van der Waals surface area contributed by atoms with Crippen molar-refractivity contribution in [3.8, 4) is 0 Å². The van der Waals surface area contributed by atoms with Gasteiger partial charge in [-0.15, -0.1) is 0 Å². The molecule has 0 saturated carbocycles. The van der Waals surface area contributed by atoms with Gasteiger partial charge in [0.15, 0.2) is 18.9 Å². The Labute approximate surface area is 187 Å². The smallest absolute Gasteiger partial charge is 0.187 e. The molecule has 15 nitrogen and oxygen atoms in total. The van der Waals surface area contributed by atoms with E-state index in [0.717, 1.165) is 0 Å². The first-order valence-corrected chi connectivity index (χ1v) is 10.5. The molecule has 10 N–H and O–H groups in total. The van der Waals surface area contributed by atoms with Gasteiger partial charge >= 0.3 is 0 Å². The van der Waals surface area contributed by atoms with Crippen molar-refractivity contribution in [1.82, 2.24) is 0 Å². The van der Waals surface area contributed by atoms with Crippen LogP contribution in [0.2, 0.25) is 0 Å². The van der Waals surface area contributed by atoms with Gasteiger partial charge in [-0.25, -0.2) is 0 Å². The minimum absolute atomic E-state index is 0.0914. The molecule has 0 amide bonds. The zero-order chi connectivity index (χ0) is 24.4. The van der Waals surface area contributed by atoms with Crippen LogP contribution in [0, 0.1) is 0 Å². The molecule has 0 radical (unpaired) electrons. The third-order valence-corrected chi connectivity index (χ3v) is 5.97. The summed E-state index contributed by atoms with van der Waals surface area (Å²) in [4.78, 5) is 0. The van der Waals surface area contributed by atoms with Crippen LogP contribution in [0.3, 0.4) is 0 Å². The highest BCUT2D eigenvalue weighted by molar-refractivity contribution is 4.95. The predicted molar refractivity (Wildman–Crippen MR) is 99.9 cm³/mol. The lowest BCUT2D eigenvalue weighted by Crippen LogP contribution is -2.65. The molecular weight excluding hydrogens is 456 g/mol. The van der Waals surface area contributed by atoms with Crippen LogP contribution in [0.4, 0.5) is 0 Å². The standard InChI is InChI=1S/C18H32O15/c19-2-5-1-6(11(24)16(28)29-5)30-18-14(27)15(10(23)8(4-21)32-18)33-17-13(26)12(25)9(22)7(3-20)31-17/h5-28H,1-4H2/t5-,6-,7+,8+,9+,10+,11-,12-,13+,14+,15-,16-,17-,18+/m0/s1. The highest BCUT2D eigenvalue weighted by Gasteiger charge is 2.52. The van der Waals surface area contributed by atoms with E-state index in [0.29, 0.717) is 0 Å². The summed E-state index contributed by atoms with van der Waals surface area (Å²) >= 11 is 0. The maximum absolute atomic E-state index is 10.7. The molecule has 3 aliphatic rings. The Morgan fingerprint density at radius 1 is 0.576 bits per heavy atom.